The normalized spacial score (nSPS) is 14.7. The van der Waals surface area contributed by atoms with Gasteiger partial charge >= 0.3 is 0 Å². The van der Waals surface area contributed by atoms with Crippen molar-refractivity contribution < 1.29 is 0 Å². The molecule has 0 radical (unpaired) electrons. The van der Waals surface area contributed by atoms with Crippen LogP contribution in [0.3, 0.4) is 0 Å². The van der Waals surface area contributed by atoms with Crippen molar-refractivity contribution in [2.45, 2.75) is 25.4 Å². The number of nitrogens with zero attached hydrogens (tertiary/aromatic N) is 3. The molecule has 0 amide bonds. The van der Waals surface area contributed by atoms with Gasteiger partial charge in [0, 0.05) is 33.2 Å². The lowest BCUT2D eigenvalue weighted by atomic mass is 9.80. The van der Waals surface area contributed by atoms with Gasteiger partial charge < -0.3 is 9.88 Å². The lowest BCUT2D eigenvalue weighted by molar-refractivity contribution is 0.578. The minimum Gasteiger partial charge on any atom is -0.368 e. The molecule has 1 aliphatic heterocycles. The number of hydrogen-bond donors (Lipinski definition) is 1. The second kappa shape index (κ2) is 15.9. The highest BCUT2D eigenvalue weighted by Crippen LogP contribution is 2.52. The highest BCUT2D eigenvalue weighted by atomic mass is 15.2. The third-order valence-corrected chi connectivity index (χ3v) is 16.1. The Morgan fingerprint density at radius 1 is 0.384 bits per heavy atom. The van der Waals surface area contributed by atoms with Crippen molar-refractivity contribution in [2.75, 3.05) is 0 Å². The van der Waals surface area contributed by atoms with Crippen molar-refractivity contribution in [3.63, 3.8) is 0 Å². The number of para-hydroxylation sites is 2. The molecule has 0 fully saturated rings. The van der Waals surface area contributed by atoms with Gasteiger partial charge in [0.15, 0.2) is 0 Å². The summed E-state index contributed by atoms with van der Waals surface area (Å²) in [5.74, 6) is 0.922. The average molecular weight is 933 g/mol. The second-order valence-corrected chi connectivity index (χ2v) is 20.3. The number of pyridine rings is 1. The molecule has 0 spiro atoms. The average Bonchev–Trinajstić information content (AvgIpc) is 4.04. The molecule has 10 aromatic carbocycles. The minimum absolute atomic E-state index is 0.0530. The van der Waals surface area contributed by atoms with E-state index in [1.54, 1.807) is 0 Å². The lowest BCUT2D eigenvalue weighted by Gasteiger charge is -2.23. The van der Waals surface area contributed by atoms with Crippen LogP contribution in [0.4, 0.5) is 0 Å². The first-order valence-electron chi connectivity index (χ1n) is 25.4. The monoisotopic (exact) mass is 932 g/mol. The molecule has 0 saturated heterocycles. The molecule has 1 aliphatic carbocycles. The molecule has 1 N–H and O–H groups in total. The predicted molar refractivity (Wildman–Crippen MR) is 306 cm³/mol. The summed E-state index contributed by atoms with van der Waals surface area (Å²) in [4.78, 5) is 4.74. The van der Waals surface area contributed by atoms with E-state index < -0.39 is 0 Å². The first-order valence-corrected chi connectivity index (χ1v) is 25.4. The molecule has 73 heavy (non-hydrogen) atoms. The van der Waals surface area contributed by atoms with Gasteiger partial charge in [0.25, 0.3) is 0 Å². The zero-order chi connectivity index (χ0) is 48.4. The van der Waals surface area contributed by atoms with E-state index in [1.807, 2.05) is 24.5 Å². The summed E-state index contributed by atoms with van der Waals surface area (Å²) >= 11 is 0. The Morgan fingerprint density at radius 2 is 0.808 bits per heavy atom. The van der Waals surface area contributed by atoms with Crippen molar-refractivity contribution >= 4 is 65.2 Å². The van der Waals surface area contributed by atoms with Crippen LogP contribution in [0.5, 0.6) is 0 Å². The van der Waals surface area contributed by atoms with Crippen LogP contribution in [0.1, 0.15) is 31.1 Å². The van der Waals surface area contributed by atoms with E-state index in [2.05, 4.69) is 247 Å². The maximum absolute atomic E-state index is 4.74. The number of rotatable bonds is 6. The predicted octanol–water partition coefficient (Wildman–Crippen LogP) is 17.7. The van der Waals surface area contributed by atoms with E-state index in [0.717, 1.165) is 16.9 Å². The van der Waals surface area contributed by atoms with Crippen LogP contribution in [0.15, 0.2) is 243 Å². The maximum Gasteiger partial charge on any atom is 0.137 e. The maximum atomic E-state index is 4.74. The Balaban J connectivity index is 0.784. The largest absolute Gasteiger partial charge is 0.368 e. The molecule has 4 nitrogen and oxygen atoms in total. The molecule has 0 bridgehead atoms. The SMILES string of the molecule is CC1(C)c2cc(-c3ccc(-c4ccc5c(c4)c4ccccc4n5-c4ccccn4)c4ccccc34)ccc2-c2ccc(-c3ccc(-c4ccc5c(c4)c4ccccc4n5C4C=CC=CN4)c4ccccc34)cc21. The van der Waals surface area contributed by atoms with E-state index in [0.29, 0.717) is 0 Å². The lowest BCUT2D eigenvalue weighted by Crippen LogP contribution is -2.21. The van der Waals surface area contributed by atoms with Crippen LogP contribution in [0.2, 0.25) is 0 Å². The van der Waals surface area contributed by atoms with Crippen molar-refractivity contribution in [2.24, 2.45) is 0 Å². The molecule has 2 aliphatic rings. The topological polar surface area (TPSA) is 34.8 Å². The number of benzene rings is 10. The highest BCUT2D eigenvalue weighted by molar-refractivity contribution is 6.14. The Bertz CT molecular complexity index is 4510. The van der Waals surface area contributed by atoms with Gasteiger partial charge in [0.1, 0.15) is 12.0 Å². The highest BCUT2D eigenvalue weighted by Gasteiger charge is 2.36. The van der Waals surface area contributed by atoms with E-state index in [-0.39, 0.29) is 11.6 Å². The summed E-state index contributed by atoms with van der Waals surface area (Å²) in [7, 11) is 0. The van der Waals surface area contributed by atoms with E-state index in [1.165, 1.54) is 121 Å². The molecular formula is C69H48N4. The summed E-state index contributed by atoms with van der Waals surface area (Å²) in [6.45, 7) is 4.80. The molecule has 15 rings (SSSR count). The van der Waals surface area contributed by atoms with Crippen LogP contribution < -0.4 is 5.32 Å². The van der Waals surface area contributed by atoms with E-state index in [9.17, 15) is 0 Å². The summed E-state index contributed by atoms with van der Waals surface area (Å²) in [6, 6.07) is 79.0. The number of dihydropyridines is 1. The summed E-state index contributed by atoms with van der Waals surface area (Å²) in [6.07, 6.45) is 10.3. The van der Waals surface area contributed by atoms with Crippen molar-refractivity contribution in [3.05, 3.63) is 254 Å². The standard InChI is InChI=1S/C69H48N4/c1-69(2)61-41-45(49-33-31-47(51-15-3-5-17-53(49)51)43-27-35-65-59(39-43)57-19-7-9-21-63(57)72(65)67-23-11-13-37-70-67)25-29-55(61)56-30-26-46(42-62(56)69)50-34-32-48(52-16-4-6-18-54(50)52)44-28-36-66-60(40-44)58-20-8-10-22-64(58)73(66)68-24-12-14-38-71-68/h3-42,67,70H,1-2H3. The van der Waals surface area contributed by atoms with Crippen molar-refractivity contribution in [3.8, 4) is 61.5 Å². The molecular weight excluding hydrogens is 885 g/mol. The molecule has 344 valence electrons. The molecule has 1 atom stereocenters. The zero-order valence-electron chi connectivity index (χ0n) is 40.5. The van der Waals surface area contributed by atoms with Gasteiger partial charge in [-0.1, -0.05) is 172 Å². The quantitative estimate of drug-likeness (QED) is 0.180. The number of fused-ring (bicyclic) bond motifs is 11. The van der Waals surface area contributed by atoms with Crippen LogP contribution in [-0.2, 0) is 5.41 Å². The first kappa shape index (κ1) is 41.5. The smallest absolute Gasteiger partial charge is 0.137 e. The number of allylic oxidation sites excluding steroid dienone is 2. The van der Waals surface area contributed by atoms with Crippen molar-refractivity contribution in [1.29, 1.82) is 0 Å². The van der Waals surface area contributed by atoms with Gasteiger partial charge in [-0.15, -0.1) is 0 Å². The van der Waals surface area contributed by atoms with E-state index >= 15 is 0 Å². The van der Waals surface area contributed by atoms with Gasteiger partial charge in [-0.05, 0) is 167 Å². The Kier molecular flexibility index (Phi) is 9.03. The van der Waals surface area contributed by atoms with Gasteiger partial charge in [-0.2, -0.15) is 0 Å². The van der Waals surface area contributed by atoms with E-state index in [4.69, 9.17) is 4.98 Å². The molecule has 4 heterocycles. The molecule has 4 heteroatoms. The molecule has 0 saturated carbocycles. The number of hydrogen-bond acceptors (Lipinski definition) is 2. The molecule has 13 aromatic rings. The van der Waals surface area contributed by atoms with Gasteiger partial charge in [0.2, 0.25) is 0 Å². The Hall–Kier alpha value is -9.25. The molecule has 3 aromatic heterocycles. The Morgan fingerprint density at radius 3 is 1.34 bits per heavy atom. The summed E-state index contributed by atoms with van der Waals surface area (Å²) in [5.41, 5.74) is 19.8. The fourth-order valence-electron chi connectivity index (χ4n) is 12.6. The first-order chi connectivity index (χ1) is 36.0. The van der Waals surface area contributed by atoms with Gasteiger partial charge in [-0.3, -0.25) is 4.57 Å². The summed E-state index contributed by atoms with van der Waals surface area (Å²) < 4.78 is 4.69. The van der Waals surface area contributed by atoms with Crippen LogP contribution in [0, 0.1) is 0 Å². The third-order valence-electron chi connectivity index (χ3n) is 16.1. The zero-order valence-corrected chi connectivity index (χ0v) is 40.5. The van der Waals surface area contributed by atoms with Crippen LogP contribution >= 0.6 is 0 Å². The fraction of sp³-hybridized carbons (Fsp3) is 0.0580. The number of nitrogens with one attached hydrogen (secondary N) is 1. The van der Waals surface area contributed by atoms with Crippen LogP contribution in [0.25, 0.3) is 127 Å². The Labute approximate surface area is 423 Å². The fourth-order valence-corrected chi connectivity index (χ4v) is 12.6. The third kappa shape index (κ3) is 6.23. The van der Waals surface area contributed by atoms with Crippen LogP contribution in [-0.4, -0.2) is 14.1 Å². The van der Waals surface area contributed by atoms with Crippen molar-refractivity contribution in [1.82, 2.24) is 19.4 Å². The van der Waals surface area contributed by atoms with Gasteiger partial charge in [0.05, 0.1) is 22.1 Å². The van der Waals surface area contributed by atoms with Gasteiger partial charge in [-0.25, -0.2) is 4.98 Å². The second-order valence-electron chi connectivity index (χ2n) is 20.3. The minimum atomic E-state index is -0.208. The number of aromatic nitrogens is 3. The summed E-state index contributed by atoms with van der Waals surface area (Å²) in [5, 5.41) is 13.5. The molecule has 1 unspecified atom stereocenters.